The van der Waals surface area contributed by atoms with Crippen molar-refractivity contribution in [1.29, 1.82) is 0 Å². The third-order valence-electron chi connectivity index (χ3n) is 3.60. The number of rotatable bonds is 8. The fourth-order valence-electron chi connectivity index (χ4n) is 2.31. The van der Waals surface area contributed by atoms with Crippen LogP contribution < -0.4 is 5.32 Å². The minimum atomic E-state index is 0.0700. The number of amides is 1. The Morgan fingerprint density at radius 2 is 1.83 bits per heavy atom. The van der Waals surface area contributed by atoms with Crippen molar-refractivity contribution in [1.82, 2.24) is 5.32 Å². The van der Waals surface area contributed by atoms with Crippen LogP contribution in [0.25, 0.3) is 0 Å². The lowest BCUT2D eigenvalue weighted by atomic mass is 10.1. The maximum Gasteiger partial charge on any atom is 0.230 e. The molecule has 0 bridgehead atoms. The molecule has 2 aromatic carbocycles. The minimum Gasteiger partial charge on any atom is -0.353 e. The van der Waals surface area contributed by atoms with Gasteiger partial charge < -0.3 is 5.32 Å². The van der Waals surface area contributed by atoms with Crippen LogP contribution in [0.1, 0.15) is 24.5 Å². The van der Waals surface area contributed by atoms with Crippen LogP contribution in [-0.2, 0) is 17.0 Å². The molecule has 0 unspecified atom stereocenters. The molecule has 24 heavy (non-hydrogen) atoms. The van der Waals surface area contributed by atoms with E-state index in [0.717, 1.165) is 24.2 Å². The summed E-state index contributed by atoms with van der Waals surface area (Å²) in [4.78, 5) is 12.0. The quantitative estimate of drug-likeness (QED) is 0.666. The molecule has 0 fully saturated rings. The van der Waals surface area contributed by atoms with E-state index in [-0.39, 0.29) is 11.9 Å². The van der Waals surface area contributed by atoms with Gasteiger partial charge >= 0.3 is 0 Å². The Morgan fingerprint density at radius 3 is 2.54 bits per heavy atom. The normalized spacial score (nSPS) is 12.0. The molecule has 128 valence electrons. The molecule has 0 radical (unpaired) electrons. The zero-order chi connectivity index (χ0) is 17.4. The highest BCUT2D eigenvalue weighted by atomic mass is 35.5. The monoisotopic (exact) mass is 381 g/mol. The Bertz CT molecular complexity index is 664. The third-order valence-corrected chi connectivity index (χ3v) is 5.34. The Morgan fingerprint density at radius 1 is 1.08 bits per heavy atom. The highest BCUT2D eigenvalue weighted by molar-refractivity contribution is 7.99. The summed E-state index contributed by atoms with van der Waals surface area (Å²) in [5.74, 6) is 1.25. The standard InChI is InChI=1S/C19H21Cl2NOS/c1-14(7-8-15-5-3-2-4-6-15)22-19(23)13-24-12-16-9-10-17(20)18(21)11-16/h2-6,9-11,14H,7-8,12-13H2,1H3,(H,22,23)/t14-/m1/s1. The van der Waals surface area contributed by atoms with Gasteiger partial charge in [-0.05, 0) is 43.0 Å². The minimum absolute atomic E-state index is 0.0700. The van der Waals surface area contributed by atoms with Crippen molar-refractivity contribution >= 4 is 40.9 Å². The number of carbonyl (C=O) groups excluding carboxylic acids is 1. The van der Waals surface area contributed by atoms with Crippen LogP contribution in [-0.4, -0.2) is 17.7 Å². The van der Waals surface area contributed by atoms with Gasteiger partial charge in [-0.25, -0.2) is 0 Å². The topological polar surface area (TPSA) is 29.1 Å². The van der Waals surface area contributed by atoms with Gasteiger partial charge in [0.05, 0.1) is 15.8 Å². The molecule has 0 spiro atoms. The summed E-state index contributed by atoms with van der Waals surface area (Å²) in [6.45, 7) is 2.05. The molecule has 2 rings (SSSR count). The van der Waals surface area contributed by atoms with E-state index >= 15 is 0 Å². The summed E-state index contributed by atoms with van der Waals surface area (Å²) in [5, 5.41) is 4.15. The van der Waals surface area contributed by atoms with Gasteiger partial charge in [0.2, 0.25) is 5.91 Å². The number of hydrogen-bond donors (Lipinski definition) is 1. The summed E-state index contributed by atoms with van der Waals surface area (Å²) in [5.41, 5.74) is 2.37. The maximum atomic E-state index is 12.0. The Kier molecular flexibility index (Phi) is 7.97. The molecular weight excluding hydrogens is 361 g/mol. The number of thioether (sulfide) groups is 1. The zero-order valence-corrected chi connectivity index (χ0v) is 15.9. The van der Waals surface area contributed by atoms with Crippen LogP contribution in [0.2, 0.25) is 10.0 Å². The molecule has 0 heterocycles. The lowest BCUT2D eigenvalue weighted by Gasteiger charge is -2.14. The van der Waals surface area contributed by atoms with E-state index in [0.29, 0.717) is 15.8 Å². The van der Waals surface area contributed by atoms with Crippen molar-refractivity contribution in [2.75, 3.05) is 5.75 Å². The van der Waals surface area contributed by atoms with E-state index in [9.17, 15) is 4.79 Å². The summed E-state index contributed by atoms with van der Waals surface area (Å²) in [6.07, 6.45) is 1.91. The van der Waals surface area contributed by atoms with Gasteiger partial charge in [0, 0.05) is 11.8 Å². The molecule has 1 amide bonds. The van der Waals surface area contributed by atoms with Crippen LogP contribution >= 0.6 is 35.0 Å². The van der Waals surface area contributed by atoms with Crippen LogP contribution in [0.15, 0.2) is 48.5 Å². The average Bonchev–Trinajstić information content (AvgIpc) is 2.57. The Hall–Kier alpha value is -1.16. The number of nitrogens with one attached hydrogen (secondary N) is 1. The maximum absolute atomic E-state index is 12.0. The van der Waals surface area contributed by atoms with Crippen molar-refractivity contribution < 1.29 is 4.79 Å². The first-order valence-electron chi connectivity index (χ1n) is 7.89. The largest absolute Gasteiger partial charge is 0.353 e. The predicted molar refractivity (Wildman–Crippen MR) is 105 cm³/mol. The molecular formula is C19H21Cl2NOS. The molecule has 2 aromatic rings. The van der Waals surface area contributed by atoms with E-state index < -0.39 is 0 Å². The van der Waals surface area contributed by atoms with Crippen LogP contribution in [0.4, 0.5) is 0 Å². The Balaban J connectivity index is 1.66. The number of halogens is 2. The third kappa shape index (κ3) is 6.76. The van der Waals surface area contributed by atoms with Gasteiger partial charge in [0.1, 0.15) is 0 Å². The fraction of sp³-hybridized carbons (Fsp3) is 0.316. The van der Waals surface area contributed by atoms with Crippen LogP contribution in [0.3, 0.4) is 0 Å². The molecule has 0 aliphatic rings. The van der Waals surface area contributed by atoms with E-state index in [1.165, 1.54) is 5.56 Å². The first kappa shape index (κ1) is 19.2. The van der Waals surface area contributed by atoms with E-state index in [1.54, 1.807) is 17.8 Å². The summed E-state index contributed by atoms with van der Waals surface area (Å²) >= 11 is 13.5. The van der Waals surface area contributed by atoms with Crippen LogP contribution in [0, 0.1) is 0 Å². The molecule has 1 atom stereocenters. The predicted octanol–water partition coefficient (Wildman–Crippen LogP) is 5.36. The van der Waals surface area contributed by atoms with Crippen molar-refractivity contribution in [2.24, 2.45) is 0 Å². The lowest BCUT2D eigenvalue weighted by molar-refractivity contribution is -0.119. The number of carbonyl (C=O) groups is 1. The fourth-order valence-corrected chi connectivity index (χ4v) is 3.41. The van der Waals surface area contributed by atoms with E-state index in [1.807, 2.05) is 37.3 Å². The first-order valence-corrected chi connectivity index (χ1v) is 9.80. The molecule has 0 saturated carbocycles. The highest BCUT2D eigenvalue weighted by Crippen LogP contribution is 2.24. The van der Waals surface area contributed by atoms with Gasteiger partial charge in [-0.1, -0.05) is 59.6 Å². The zero-order valence-electron chi connectivity index (χ0n) is 13.6. The lowest BCUT2D eigenvalue weighted by Crippen LogP contribution is -2.34. The molecule has 0 saturated heterocycles. The van der Waals surface area contributed by atoms with Gasteiger partial charge in [-0.15, -0.1) is 11.8 Å². The molecule has 2 nitrogen and oxygen atoms in total. The molecule has 0 aliphatic heterocycles. The van der Waals surface area contributed by atoms with Crippen molar-refractivity contribution in [2.45, 2.75) is 31.6 Å². The molecule has 0 aliphatic carbocycles. The average molecular weight is 382 g/mol. The van der Waals surface area contributed by atoms with Crippen molar-refractivity contribution in [3.8, 4) is 0 Å². The second-order valence-corrected chi connectivity index (χ2v) is 7.53. The SMILES string of the molecule is C[C@H](CCc1ccccc1)NC(=O)CSCc1ccc(Cl)c(Cl)c1. The summed E-state index contributed by atoms with van der Waals surface area (Å²) in [6, 6.07) is 16.0. The smallest absolute Gasteiger partial charge is 0.230 e. The van der Waals surface area contributed by atoms with Crippen LogP contribution in [0.5, 0.6) is 0 Å². The van der Waals surface area contributed by atoms with E-state index in [4.69, 9.17) is 23.2 Å². The van der Waals surface area contributed by atoms with Gasteiger partial charge in [0.25, 0.3) is 0 Å². The van der Waals surface area contributed by atoms with Gasteiger partial charge in [-0.2, -0.15) is 0 Å². The van der Waals surface area contributed by atoms with Crippen molar-refractivity contribution in [3.05, 3.63) is 69.7 Å². The first-order chi connectivity index (χ1) is 11.5. The van der Waals surface area contributed by atoms with E-state index in [2.05, 4.69) is 17.4 Å². The summed E-state index contributed by atoms with van der Waals surface area (Å²) < 4.78 is 0. The van der Waals surface area contributed by atoms with Gasteiger partial charge in [0.15, 0.2) is 0 Å². The van der Waals surface area contributed by atoms with Crippen molar-refractivity contribution in [3.63, 3.8) is 0 Å². The Labute approximate surface area is 157 Å². The highest BCUT2D eigenvalue weighted by Gasteiger charge is 2.08. The molecule has 1 N–H and O–H groups in total. The summed E-state index contributed by atoms with van der Waals surface area (Å²) in [7, 11) is 0. The number of hydrogen-bond acceptors (Lipinski definition) is 2. The molecule has 5 heteroatoms. The number of benzene rings is 2. The number of aryl methyl sites for hydroxylation is 1. The second kappa shape index (κ2) is 9.97. The molecule has 0 aromatic heterocycles. The van der Waals surface area contributed by atoms with Gasteiger partial charge in [-0.3, -0.25) is 4.79 Å². The second-order valence-electron chi connectivity index (χ2n) is 5.73.